The van der Waals surface area contributed by atoms with Gasteiger partial charge in [0.2, 0.25) is 0 Å². The quantitative estimate of drug-likeness (QED) is 0.721. The molecule has 1 fully saturated rings. The van der Waals surface area contributed by atoms with Crippen molar-refractivity contribution in [1.82, 2.24) is 9.97 Å². The van der Waals surface area contributed by atoms with Crippen molar-refractivity contribution in [2.24, 2.45) is 0 Å². The van der Waals surface area contributed by atoms with Gasteiger partial charge < -0.3 is 15.7 Å². The molecule has 0 aliphatic heterocycles. The summed E-state index contributed by atoms with van der Waals surface area (Å²) in [5, 5.41) is 16.6. The van der Waals surface area contributed by atoms with Crippen LogP contribution in [0.15, 0.2) is 0 Å². The van der Waals surface area contributed by atoms with Gasteiger partial charge in [0.1, 0.15) is 17.5 Å². The van der Waals surface area contributed by atoms with Crippen LogP contribution < -0.4 is 10.6 Å². The van der Waals surface area contributed by atoms with Crippen molar-refractivity contribution < 1.29 is 5.11 Å². The van der Waals surface area contributed by atoms with E-state index in [1.54, 1.807) is 0 Å². The van der Waals surface area contributed by atoms with E-state index in [2.05, 4.69) is 34.4 Å². The fourth-order valence-electron chi connectivity index (χ4n) is 2.99. The van der Waals surface area contributed by atoms with Crippen molar-refractivity contribution in [3.8, 4) is 0 Å². The van der Waals surface area contributed by atoms with E-state index in [9.17, 15) is 5.11 Å². The topological polar surface area (TPSA) is 70.1 Å². The number of nitrogens with zero attached hydrogens (tertiary/aromatic N) is 2. The molecule has 21 heavy (non-hydrogen) atoms. The Labute approximate surface area is 127 Å². The van der Waals surface area contributed by atoms with Crippen molar-refractivity contribution in [2.75, 3.05) is 23.8 Å². The average molecular weight is 292 g/mol. The highest BCUT2D eigenvalue weighted by Gasteiger charge is 2.34. The second kappa shape index (κ2) is 7.07. The van der Waals surface area contributed by atoms with Crippen molar-refractivity contribution in [3.05, 3.63) is 11.4 Å². The zero-order chi connectivity index (χ0) is 15.3. The van der Waals surface area contributed by atoms with Crippen LogP contribution in [0.4, 0.5) is 11.6 Å². The SMILES string of the molecule is CCCc1nc(NCC)c(C)c(NC2(CO)CCCC2)n1. The van der Waals surface area contributed by atoms with Gasteiger partial charge in [-0.1, -0.05) is 19.8 Å². The molecular formula is C16H28N4O. The van der Waals surface area contributed by atoms with E-state index in [-0.39, 0.29) is 12.1 Å². The van der Waals surface area contributed by atoms with Crippen LogP contribution in [-0.2, 0) is 6.42 Å². The predicted octanol–water partition coefficient (Wildman–Crippen LogP) is 2.89. The van der Waals surface area contributed by atoms with E-state index < -0.39 is 0 Å². The Morgan fingerprint density at radius 3 is 2.38 bits per heavy atom. The van der Waals surface area contributed by atoms with E-state index in [0.717, 1.165) is 55.3 Å². The highest BCUT2D eigenvalue weighted by atomic mass is 16.3. The van der Waals surface area contributed by atoms with Gasteiger partial charge in [-0.2, -0.15) is 0 Å². The number of anilines is 2. The Kier molecular flexibility index (Phi) is 5.39. The number of nitrogens with one attached hydrogen (secondary N) is 2. The van der Waals surface area contributed by atoms with Crippen molar-refractivity contribution in [2.45, 2.75) is 64.8 Å². The van der Waals surface area contributed by atoms with Crippen LogP contribution in [0.5, 0.6) is 0 Å². The molecule has 5 heteroatoms. The molecule has 1 aliphatic carbocycles. The van der Waals surface area contributed by atoms with Gasteiger partial charge in [0, 0.05) is 18.5 Å². The molecule has 1 aromatic heterocycles. The lowest BCUT2D eigenvalue weighted by molar-refractivity contribution is 0.213. The van der Waals surface area contributed by atoms with Gasteiger partial charge in [0.15, 0.2) is 0 Å². The van der Waals surface area contributed by atoms with Gasteiger partial charge in [-0.15, -0.1) is 0 Å². The molecule has 1 aromatic rings. The minimum absolute atomic E-state index is 0.163. The van der Waals surface area contributed by atoms with Crippen LogP contribution in [0.3, 0.4) is 0 Å². The summed E-state index contributed by atoms with van der Waals surface area (Å²) in [6.07, 6.45) is 6.25. The molecule has 1 aliphatic rings. The molecule has 0 bridgehead atoms. The van der Waals surface area contributed by atoms with Crippen molar-refractivity contribution in [3.63, 3.8) is 0 Å². The van der Waals surface area contributed by atoms with E-state index in [1.807, 2.05) is 6.92 Å². The molecule has 2 rings (SSSR count). The summed E-state index contributed by atoms with van der Waals surface area (Å²) < 4.78 is 0. The first-order chi connectivity index (χ1) is 10.1. The fourth-order valence-corrected chi connectivity index (χ4v) is 2.99. The molecule has 1 saturated carbocycles. The Hall–Kier alpha value is -1.36. The van der Waals surface area contributed by atoms with E-state index in [0.29, 0.717) is 0 Å². The third-order valence-electron chi connectivity index (χ3n) is 4.26. The highest BCUT2D eigenvalue weighted by molar-refractivity contribution is 5.58. The predicted molar refractivity (Wildman–Crippen MR) is 86.8 cm³/mol. The van der Waals surface area contributed by atoms with Crippen LogP contribution in [0, 0.1) is 6.92 Å². The lowest BCUT2D eigenvalue weighted by atomic mass is 9.98. The van der Waals surface area contributed by atoms with Crippen LogP contribution in [-0.4, -0.2) is 33.8 Å². The van der Waals surface area contributed by atoms with Crippen LogP contribution >= 0.6 is 0 Å². The van der Waals surface area contributed by atoms with E-state index in [1.165, 1.54) is 12.8 Å². The minimum Gasteiger partial charge on any atom is -0.394 e. The molecule has 0 unspecified atom stereocenters. The average Bonchev–Trinajstić information content (AvgIpc) is 2.93. The number of aromatic nitrogens is 2. The monoisotopic (exact) mass is 292 g/mol. The number of aryl methyl sites for hydroxylation is 1. The number of aliphatic hydroxyl groups is 1. The van der Waals surface area contributed by atoms with Crippen molar-refractivity contribution in [1.29, 1.82) is 0 Å². The summed E-state index contributed by atoms with van der Waals surface area (Å²) in [6.45, 7) is 7.25. The maximum atomic E-state index is 9.79. The molecular weight excluding hydrogens is 264 g/mol. The molecule has 0 atom stereocenters. The zero-order valence-corrected chi connectivity index (χ0v) is 13.5. The molecule has 0 saturated heterocycles. The van der Waals surface area contributed by atoms with Gasteiger partial charge in [-0.3, -0.25) is 0 Å². The minimum atomic E-state index is -0.202. The van der Waals surface area contributed by atoms with Gasteiger partial charge >= 0.3 is 0 Å². The Bertz CT molecular complexity index is 470. The van der Waals surface area contributed by atoms with Gasteiger partial charge in [0.05, 0.1) is 12.1 Å². The summed E-state index contributed by atoms with van der Waals surface area (Å²) in [5.41, 5.74) is 0.836. The van der Waals surface area contributed by atoms with Crippen LogP contribution in [0.25, 0.3) is 0 Å². The summed E-state index contributed by atoms with van der Waals surface area (Å²) in [7, 11) is 0. The summed E-state index contributed by atoms with van der Waals surface area (Å²) in [5.74, 6) is 2.65. The normalized spacial score (nSPS) is 17.0. The standard InChI is InChI=1S/C16H28N4O/c1-4-8-13-18-14(17-5-2)12(3)15(19-13)20-16(11-21)9-6-7-10-16/h21H,4-11H2,1-3H3,(H2,17,18,19,20). The zero-order valence-electron chi connectivity index (χ0n) is 13.5. The van der Waals surface area contributed by atoms with Gasteiger partial charge in [-0.25, -0.2) is 9.97 Å². The molecule has 3 N–H and O–H groups in total. The number of rotatable bonds is 7. The second-order valence-electron chi connectivity index (χ2n) is 6.01. The molecule has 0 amide bonds. The Balaban J connectivity index is 2.31. The Morgan fingerprint density at radius 1 is 1.14 bits per heavy atom. The first-order valence-corrected chi connectivity index (χ1v) is 8.14. The molecule has 1 heterocycles. The molecule has 5 nitrogen and oxygen atoms in total. The van der Waals surface area contributed by atoms with Crippen LogP contribution in [0.1, 0.15) is 57.3 Å². The van der Waals surface area contributed by atoms with Crippen LogP contribution in [0.2, 0.25) is 0 Å². The first kappa shape index (κ1) is 16.0. The first-order valence-electron chi connectivity index (χ1n) is 8.14. The molecule has 0 spiro atoms. The fraction of sp³-hybridized carbons (Fsp3) is 0.750. The Morgan fingerprint density at radius 2 is 1.81 bits per heavy atom. The molecule has 0 aromatic carbocycles. The van der Waals surface area contributed by atoms with E-state index in [4.69, 9.17) is 0 Å². The third kappa shape index (κ3) is 3.64. The molecule has 0 radical (unpaired) electrons. The summed E-state index contributed by atoms with van der Waals surface area (Å²) in [4.78, 5) is 9.30. The lowest BCUT2D eigenvalue weighted by Gasteiger charge is -2.30. The maximum Gasteiger partial charge on any atom is 0.135 e. The van der Waals surface area contributed by atoms with E-state index >= 15 is 0 Å². The largest absolute Gasteiger partial charge is 0.394 e. The highest BCUT2D eigenvalue weighted by Crippen LogP contribution is 2.34. The van der Waals surface area contributed by atoms with Gasteiger partial charge in [-0.05, 0) is 33.1 Å². The molecule has 118 valence electrons. The van der Waals surface area contributed by atoms with Crippen molar-refractivity contribution >= 4 is 11.6 Å². The van der Waals surface area contributed by atoms with Gasteiger partial charge in [0.25, 0.3) is 0 Å². The summed E-state index contributed by atoms with van der Waals surface area (Å²) >= 11 is 0. The number of hydrogen-bond acceptors (Lipinski definition) is 5. The lowest BCUT2D eigenvalue weighted by Crippen LogP contribution is -2.39. The summed E-state index contributed by atoms with van der Waals surface area (Å²) in [6, 6.07) is 0. The number of aliphatic hydroxyl groups excluding tert-OH is 1. The number of hydrogen-bond donors (Lipinski definition) is 3. The maximum absolute atomic E-state index is 9.79. The smallest absolute Gasteiger partial charge is 0.135 e. The third-order valence-corrected chi connectivity index (χ3v) is 4.26. The second-order valence-corrected chi connectivity index (χ2v) is 6.01.